The summed E-state index contributed by atoms with van der Waals surface area (Å²) in [4.78, 5) is 12.0. The van der Waals surface area contributed by atoms with Crippen LogP contribution in [-0.4, -0.2) is 27.2 Å². The molecule has 1 amide bonds. The zero-order chi connectivity index (χ0) is 14.7. The number of aliphatic hydroxyl groups is 1. The summed E-state index contributed by atoms with van der Waals surface area (Å²) in [5.41, 5.74) is 2.03. The molecule has 0 spiro atoms. The van der Waals surface area contributed by atoms with Crippen LogP contribution in [-0.2, 0) is 7.05 Å². The van der Waals surface area contributed by atoms with Crippen molar-refractivity contribution in [3.8, 4) is 5.75 Å². The Morgan fingerprint density at radius 3 is 2.75 bits per heavy atom. The van der Waals surface area contributed by atoms with Crippen LogP contribution in [0.2, 0.25) is 0 Å². The van der Waals surface area contributed by atoms with Gasteiger partial charge < -0.3 is 20.1 Å². The fraction of sp³-hybridized carbons (Fsp3) is 0.267. The largest absolute Gasteiger partial charge is 0.508 e. The monoisotopic (exact) mass is 274 g/mol. The number of carbonyl (C=O) groups excluding carboxylic acids is 1. The minimum absolute atomic E-state index is 0.0896. The lowest BCUT2D eigenvalue weighted by Crippen LogP contribution is -2.28. The number of aliphatic hydroxyl groups excluding tert-OH is 1. The zero-order valence-corrected chi connectivity index (χ0v) is 11.5. The lowest BCUT2D eigenvalue weighted by atomic mass is 10.1. The molecule has 5 nitrogen and oxygen atoms in total. The van der Waals surface area contributed by atoms with Crippen molar-refractivity contribution in [3.05, 3.63) is 53.3 Å². The minimum atomic E-state index is -0.852. The maximum Gasteiger partial charge on any atom is 0.253 e. The molecule has 0 saturated carbocycles. The quantitative estimate of drug-likeness (QED) is 0.791. The van der Waals surface area contributed by atoms with Crippen LogP contribution in [0.3, 0.4) is 0 Å². The Kier molecular flexibility index (Phi) is 4.10. The molecule has 0 saturated heterocycles. The number of hydrogen-bond donors (Lipinski definition) is 3. The number of aromatic nitrogens is 1. The first-order chi connectivity index (χ1) is 9.49. The van der Waals surface area contributed by atoms with Crippen LogP contribution in [0.15, 0.2) is 36.5 Å². The molecule has 0 aliphatic rings. The fourth-order valence-electron chi connectivity index (χ4n) is 1.98. The predicted octanol–water partition coefficient (Wildman–Crippen LogP) is 1.50. The maximum absolute atomic E-state index is 12.0. The lowest BCUT2D eigenvalue weighted by Gasteiger charge is -2.12. The number of benzene rings is 1. The van der Waals surface area contributed by atoms with E-state index in [-0.39, 0.29) is 18.2 Å². The first-order valence-corrected chi connectivity index (χ1v) is 6.36. The van der Waals surface area contributed by atoms with Gasteiger partial charge in [0, 0.05) is 25.5 Å². The molecule has 0 radical (unpaired) electrons. The first kappa shape index (κ1) is 14.1. The van der Waals surface area contributed by atoms with E-state index in [1.54, 1.807) is 18.2 Å². The molecule has 0 bridgehead atoms. The van der Waals surface area contributed by atoms with Crippen LogP contribution < -0.4 is 5.32 Å². The molecule has 1 unspecified atom stereocenters. The molecule has 1 atom stereocenters. The van der Waals surface area contributed by atoms with Gasteiger partial charge in [0.05, 0.1) is 11.7 Å². The van der Waals surface area contributed by atoms with E-state index >= 15 is 0 Å². The normalized spacial score (nSPS) is 12.2. The van der Waals surface area contributed by atoms with E-state index in [1.807, 2.05) is 24.7 Å². The van der Waals surface area contributed by atoms with Gasteiger partial charge in [0.15, 0.2) is 0 Å². The standard InChI is InChI=1S/C15H18N2O3/c1-10-13(6-7-17(10)2)15(20)16-9-14(19)11-4-3-5-12(18)8-11/h3-8,14,18-19H,9H2,1-2H3,(H,16,20). The first-order valence-electron chi connectivity index (χ1n) is 6.36. The number of aryl methyl sites for hydroxylation is 1. The number of hydrogen-bond acceptors (Lipinski definition) is 3. The Morgan fingerprint density at radius 1 is 1.40 bits per heavy atom. The topological polar surface area (TPSA) is 74.5 Å². The van der Waals surface area contributed by atoms with Crippen molar-refractivity contribution >= 4 is 5.91 Å². The second-order valence-corrected chi connectivity index (χ2v) is 4.75. The van der Waals surface area contributed by atoms with Crippen LogP contribution in [0, 0.1) is 6.92 Å². The molecule has 1 heterocycles. The van der Waals surface area contributed by atoms with Gasteiger partial charge in [0.25, 0.3) is 5.91 Å². The Morgan fingerprint density at radius 2 is 2.15 bits per heavy atom. The molecule has 106 valence electrons. The molecule has 2 rings (SSSR count). The maximum atomic E-state index is 12.0. The van der Waals surface area contributed by atoms with Crippen LogP contribution in [0.25, 0.3) is 0 Å². The summed E-state index contributed by atoms with van der Waals surface area (Å²) in [6, 6.07) is 8.10. The van der Waals surface area contributed by atoms with Crippen molar-refractivity contribution in [2.45, 2.75) is 13.0 Å². The number of rotatable bonds is 4. The number of aromatic hydroxyl groups is 1. The van der Waals surface area contributed by atoms with Crippen LogP contribution in [0.4, 0.5) is 0 Å². The SMILES string of the molecule is Cc1c(C(=O)NCC(O)c2cccc(O)c2)ccn1C. The van der Waals surface area contributed by atoms with E-state index in [2.05, 4.69) is 5.32 Å². The number of amides is 1. The summed E-state index contributed by atoms with van der Waals surface area (Å²) in [5, 5.41) is 22.0. The summed E-state index contributed by atoms with van der Waals surface area (Å²) in [5.74, 6) is -0.130. The second-order valence-electron chi connectivity index (χ2n) is 4.75. The lowest BCUT2D eigenvalue weighted by molar-refractivity contribution is 0.0915. The number of phenols is 1. The highest BCUT2D eigenvalue weighted by molar-refractivity contribution is 5.95. The molecule has 1 aromatic heterocycles. The summed E-state index contributed by atoms with van der Waals surface area (Å²) in [6.45, 7) is 1.96. The third kappa shape index (κ3) is 3.00. The molecular formula is C15H18N2O3. The smallest absolute Gasteiger partial charge is 0.253 e. The summed E-state index contributed by atoms with van der Waals surface area (Å²) >= 11 is 0. The van der Waals surface area contributed by atoms with Gasteiger partial charge in [-0.3, -0.25) is 4.79 Å². The molecule has 0 fully saturated rings. The summed E-state index contributed by atoms with van der Waals surface area (Å²) in [6.07, 6.45) is 0.964. The molecule has 0 aliphatic carbocycles. The Bertz CT molecular complexity index is 619. The highest BCUT2D eigenvalue weighted by Gasteiger charge is 2.14. The second kappa shape index (κ2) is 5.79. The third-order valence-electron chi connectivity index (χ3n) is 3.34. The predicted molar refractivity (Wildman–Crippen MR) is 75.5 cm³/mol. The van der Waals surface area contributed by atoms with E-state index in [4.69, 9.17) is 0 Å². The number of nitrogens with zero attached hydrogens (tertiary/aromatic N) is 1. The summed E-state index contributed by atoms with van der Waals surface area (Å²) in [7, 11) is 1.87. The van der Waals surface area contributed by atoms with Crippen LogP contribution in [0.5, 0.6) is 5.75 Å². The van der Waals surface area contributed by atoms with E-state index < -0.39 is 6.10 Å². The zero-order valence-electron chi connectivity index (χ0n) is 11.5. The van der Waals surface area contributed by atoms with Gasteiger partial charge in [0.1, 0.15) is 5.75 Å². The molecule has 0 aliphatic heterocycles. The number of phenolic OH excluding ortho intramolecular Hbond substituents is 1. The Labute approximate surface area is 117 Å². The van der Waals surface area contributed by atoms with Gasteiger partial charge >= 0.3 is 0 Å². The van der Waals surface area contributed by atoms with Crippen molar-refractivity contribution in [2.24, 2.45) is 7.05 Å². The van der Waals surface area contributed by atoms with Gasteiger partial charge in [-0.05, 0) is 30.7 Å². The van der Waals surface area contributed by atoms with Crippen LogP contribution in [0.1, 0.15) is 27.7 Å². The van der Waals surface area contributed by atoms with Crippen molar-refractivity contribution in [1.29, 1.82) is 0 Å². The molecule has 20 heavy (non-hydrogen) atoms. The van der Waals surface area contributed by atoms with E-state index in [9.17, 15) is 15.0 Å². The highest BCUT2D eigenvalue weighted by atomic mass is 16.3. The van der Waals surface area contributed by atoms with Crippen molar-refractivity contribution in [1.82, 2.24) is 9.88 Å². The van der Waals surface area contributed by atoms with Crippen molar-refractivity contribution in [3.63, 3.8) is 0 Å². The van der Waals surface area contributed by atoms with Crippen LogP contribution >= 0.6 is 0 Å². The van der Waals surface area contributed by atoms with Crippen molar-refractivity contribution < 1.29 is 15.0 Å². The molecule has 2 aromatic rings. The number of nitrogens with one attached hydrogen (secondary N) is 1. The molecular weight excluding hydrogens is 256 g/mol. The average Bonchev–Trinajstić information content (AvgIpc) is 2.76. The average molecular weight is 274 g/mol. The Balaban J connectivity index is 1.98. The molecule has 1 aromatic carbocycles. The van der Waals surface area contributed by atoms with Gasteiger partial charge in [-0.1, -0.05) is 12.1 Å². The van der Waals surface area contributed by atoms with Crippen molar-refractivity contribution in [2.75, 3.05) is 6.54 Å². The Hall–Kier alpha value is -2.27. The van der Waals surface area contributed by atoms with Gasteiger partial charge in [-0.2, -0.15) is 0 Å². The summed E-state index contributed by atoms with van der Waals surface area (Å²) < 4.78 is 1.86. The van der Waals surface area contributed by atoms with Gasteiger partial charge in [-0.25, -0.2) is 0 Å². The van der Waals surface area contributed by atoms with E-state index in [0.717, 1.165) is 5.69 Å². The van der Waals surface area contributed by atoms with Gasteiger partial charge in [-0.15, -0.1) is 0 Å². The van der Waals surface area contributed by atoms with E-state index in [1.165, 1.54) is 12.1 Å². The fourth-order valence-corrected chi connectivity index (χ4v) is 1.98. The third-order valence-corrected chi connectivity index (χ3v) is 3.34. The van der Waals surface area contributed by atoms with Gasteiger partial charge in [0.2, 0.25) is 0 Å². The molecule has 5 heteroatoms. The number of carbonyl (C=O) groups is 1. The minimum Gasteiger partial charge on any atom is -0.508 e. The van der Waals surface area contributed by atoms with E-state index in [0.29, 0.717) is 11.1 Å². The molecule has 3 N–H and O–H groups in total. The highest BCUT2D eigenvalue weighted by Crippen LogP contribution is 2.17.